The van der Waals surface area contributed by atoms with Gasteiger partial charge in [-0.3, -0.25) is 14.4 Å². The van der Waals surface area contributed by atoms with Crippen LogP contribution in [0.4, 0.5) is 0 Å². The fourth-order valence-corrected chi connectivity index (χ4v) is 4.35. The summed E-state index contributed by atoms with van der Waals surface area (Å²) >= 11 is 6.36. The van der Waals surface area contributed by atoms with Gasteiger partial charge in [0.1, 0.15) is 17.5 Å². The van der Waals surface area contributed by atoms with E-state index < -0.39 is 29.2 Å². The molecule has 0 spiro atoms. The van der Waals surface area contributed by atoms with Crippen molar-refractivity contribution in [3.63, 3.8) is 0 Å². The van der Waals surface area contributed by atoms with Gasteiger partial charge in [-0.2, -0.15) is 0 Å². The van der Waals surface area contributed by atoms with Crippen molar-refractivity contribution in [3.8, 4) is 0 Å². The summed E-state index contributed by atoms with van der Waals surface area (Å²) < 4.78 is 11.1. The standard InChI is InChI=1S/C23H25ClO5/c1-6-12(2)9-13(3)7-8-15-10-16-17(11-28-15)19-18(14(4)25)22(27)29-23(19,5)21(26)20(16)24/h7-12,18-19H,6H2,1-5H3/b8-7+,13-9+/t12-,18-,19-,23+/m1/s1. The summed E-state index contributed by atoms with van der Waals surface area (Å²) in [6, 6.07) is 0. The van der Waals surface area contributed by atoms with Gasteiger partial charge in [0.25, 0.3) is 0 Å². The molecule has 0 radical (unpaired) electrons. The summed E-state index contributed by atoms with van der Waals surface area (Å²) in [6.07, 6.45) is 10.1. The molecule has 0 unspecified atom stereocenters. The molecule has 2 aliphatic heterocycles. The molecule has 0 aromatic rings. The summed E-state index contributed by atoms with van der Waals surface area (Å²) in [5.41, 5.74) is 0.600. The van der Waals surface area contributed by atoms with Gasteiger partial charge in [0.15, 0.2) is 5.60 Å². The fraction of sp³-hybridized carbons (Fsp3) is 0.435. The Labute approximate surface area is 175 Å². The van der Waals surface area contributed by atoms with Gasteiger partial charge >= 0.3 is 5.97 Å². The molecule has 1 saturated heterocycles. The van der Waals surface area contributed by atoms with Gasteiger partial charge in [0.2, 0.25) is 5.78 Å². The average molecular weight is 417 g/mol. The van der Waals surface area contributed by atoms with Crippen molar-refractivity contribution in [1.82, 2.24) is 0 Å². The predicted molar refractivity (Wildman–Crippen MR) is 110 cm³/mol. The van der Waals surface area contributed by atoms with Gasteiger partial charge < -0.3 is 9.47 Å². The van der Waals surface area contributed by atoms with Crippen LogP contribution in [0.25, 0.3) is 0 Å². The number of ketones is 2. The lowest BCUT2D eigenvalue weighted by Gasteiger charge is -2.36. The summed E-state index contributed by atoms with van der Waals surface area (Å²) in [7, 11) is 0. The highest BCUT2D eigenvalue weighted by molar-refractivity contribution is 6.45. The third-order valence-electron chi connectivity index (χ3n) is 5.77. The molecule has 0 saturated carbocycles. The van der Waals surface area contributed by atoms with E-state index in [0.29, 0.717) is 22.8 Å². The van der Waals surface area contributed by atoms with Crippen LogP contribution in [0.1, 0.15) is 41.0 Å². The molecule has 0 bridgehead atoms. The van der Waals surface area contributed by atoms with E-state index in [-0.39, 0.29) is 10.8 Å². The highest BCUT2D eigenvalue weighted by atomic mass is 35.5. The summed E-state index contributed by atoms with van der Waals surface area (Å²) in [5.74, 6) is -2.37. The minimum atomic E-state index is -1.50. The highest BCUT2D eigenvalue weighted by Gasteiger charge is 2.63. The Morgan fingerprint density at radius 3 is 2.66 bits per heavy atom. The van der Waals surface area contributed by atoms with Gasteiger partial charge in [-0.1, -0.05) is 49.6 Å². The number of fused-ring (bicyclic) bond motifs is 3. The molecule has 3 aliphatic rings. The van der Waals surface area contributed by atoms with Gasteiger partial charge in [0, 0.05) is 11.1 Å². The van der Waals surface area contributed by atoms with Crippen LogP contribution in [-0.4, -0.2) is 23.1 Å². The van der Waals surface area contributed by atoms with Crippen molar-refractivity contribution in [2.24, 2.45) is 17.8 Å². The average Bonchev–Trinajstić information content (AvgIpc) is 2.96. The minimum absolute atomic E-state index is 0.0203. The van der Waals surface area contributed by atoms with Crippen LogP contribution in [0.5, 0.6) is 0 Å². The third kappa shape index (κ3) is 3.64. The molecule has 4 atom stereocenters. The minimum Gasteiger partial charge on any atom is -0.465 e. The number of carbonyl (C=O) groups is 3. The molecular weight excluding hydrogens is 392 g/mol. The number of esters is 1. The first-order chi connectivity index (χ1) is 13.6. The van der Waals surface area contributed by atoms with E-state index in [1.807, 2.05) is 13.0 Å². The maximum absolute atomic E-state index is 12.9. The van der Waals surface area contributed by atoms with Crippen LogP contribution in [0, 0.1) is 17.8 Å². The number of allylic oxidation sites excluding steroid dienone is 6. The molecule has 1 aliphatic carbocycles. The topological polar surface area (TPSA) is 69.7 Å². The summed E-state index contributed by atoms with van der Waals surface area (Å²) in [4.78, 5) is 37.3. The first-order valence-corrected chi connectivity index (χ1v) is 10.1. The molecule has 0 aromatic carbocycles. The second-order valence-electron chi connectivity index (χ2n) is 8.02. The summed E-state index contributed by atoms with van der Waals surface area (Å²) in [5, 5.41) is -0.0203. The number of hydrogen-bond acceptors (Lipinski definition) is 5. The fourth-order valence-electron chi connectivity index (χ4n) is 4.00. The van der Waals surface area contributed by atoms with Gasteiger partial charge in [-0.15, -0.1) is 0 Å². The van der Waals surface area contributed by atoms with E-state index in [2.05, 4.69) is 19.9 Å². The Morgan fingerprint density at radius 2 is 2.03 bits per heavy atom. The van der Waals surface area contributed by atoms with Crippen LogP contribution in [0.3, 0.4) is 0 Å². The van der Waals surface area contributed by atoms with Crippen molar-refractivity contribution in [3.05, 3.63) is 58.1 Å². The van der Waals surface area contributed by atoms with Crippen LogP contribution in [-0.2, 0) is 23.9 Å². The number of Topliss-reactive ketones (excluding diaryl/α,β-unsaturated/α-hetero) is 2. The van der Waals surface area contributed by atoms with Crippen molar-refractivity contribution in [1.29, 1.82) is 0 Å². The lowest BCUT2D eigenvalue weighted by Crippen LogP contribution is -2.47. The Hall–Kier alpha value is -2.40. The van der Waals surface area contributed by atoms with Gasteiger partial charge in [-0.05, 0) is 38.8 Å². The Kier molecular flexibility index (Phi) is 5.72. The van der Waals surface area contributed by atoms with Crippen molar-refractivity contribution in [2.45, 2.75) is 46.6 Å². The first-order valence-electron chi connectivity index (χ1n) is 9.73. The molecule has 6 heteroatoms. The second-order valence-corrected chi connectivity index (χ2v) is 8.40. The number of hydrogen-bond donors (Lipinski definition) is 0. The molecule has 0 amide bonds. The molecule has 2 heterocycles. The van der Waals surface area contributed by atoms with E-state index in [4.69, 9.17) is 21.1 Å². The van der Waals surface area contributed by atoms with Crippen LogP contribution in [0.2, 0.25) is 0 Å². The van der Waals surface area contributed by atoms with E-state index in [1.54, 1.807) is 12.2 Å². The molecule has 0 N–H and O–H groups in total. The number of ether oxygens (including phenoxy) is 2. The second kappa shape index (κ2) is 7.79. The molecule has 3 rings (SSSR count). The molecule has 0 aromatic heterocycles. The van der Waals surface area contributed by atoms with E-state index in [0.717, 1.165) is 12.0 Å². The largest absolute Gasteiger partial charge is 0.465 e. The van der Waals surface area contributed by atoms with Crippen molar-refractivity contribution >= 4 is 29.1 Å². The summed E-state index contributed by atoms with van der Waals surface area (Å²) in [6.45, 7) is 9.11. The molecule has 29 heavy (non-hydrogen) atoms. The molecule has 5 nitrogen and oxygen atoms in total. The zero-order chi connectivity index (χ0) is 21.5. The Morgan fingerprint density at radius 1 is 1.34 bits per heavy atom. The molecule has 154 valence electrons. The first kappa shape index (κ1) is 21.3. The lowest BCUT2D eigenvalue weighted by atomic mass is 9.68. The van der Waals surface area contributed by atoms with E-state index >= 15 is 0 Å². The van der Waals surface area contributed by atoms with E-state index in [9.17, 15) is 14.4 Å². The van der Waals surface area contributed by atoms with Crippen LogP contribution in [0.15, 0.2) is 58.1 Å². The number of rotatable bonds is 5. The Balaban J connectivity index is 1.98. The van der Waals surface area contributed by atoms with Crippen molar-refractivity contribution < 1.29 is 23.9 Å². The van der Waals surface area contributed by atoms with Gasteiger partial charge in [0.05, 0.1) is 17.2 Å². The van der Waals surface area contributed by atoms with Crippen LogP contribution < -0.4 is 0 Å². The normalized spacial score (nSPS) is 30.3. The molecule has 1 fully saturated rings. The predicted octanol–water partition coefficient (Wildman–Crippen LogP) is 4.55. The maximum atomic E-state index is 12.9. The molecular formula is C23H25ClO5. The van der Waals surface area contributed by atoms with Crippen LogP contribution >= 0.6 is 11.6 Å². The number of carbonyl (C=O) groups excluding carboxylic acids is 3. The quantitative estimate of drug-likeness (QED) is 0.373. The lowest BCUT2D eigenvalue weighted by molar-refractivity contribution is -0.156. The highest BCUT2D eigenvalue weighted by Crippen LogP contribution is 2.52. The number of halogens is 1. The zero-order valence-electron chi connectivity index (χ0n) is 17.2. The Bertz CT molecular complexity index is 933. The van der Waals surface area contributed by atoms with E-state index in [1.165, 1.54) is 20.1 Å². The zero-order valence-corrected chi connectivity index (χ0v) is 18.0. The van der Waals surface area contributed by atoms with Gasteiger partial charge in [-0.25, -0.2) is 0 Å². The SMILES string of the molecule is CC[C@@H](C)/C=C(C)/C=C/C1=CC2=C(Cl)C(=O)[C@@]3(C)OC(=O)[C@H](C(C)=O)[C@H]3C2=CO1. The van der Waals surface area contributed by atoms with Crippen molar-refractivity contribution in [2.75, 3.05) is 0 Å². The third-order valence-corrected chi connectivity index (χ3v) is 6.15. The smallest absolute Gasteiger partial charge is 0.318 e. The maximum Gasteiger partial charge on any atom is 0.318 e. The monoisotopic (exact) mass is 416 g/mol.